The Hall–Kier alpha value is -1.43. The van der Waals surface area contributed by atoms with E-state index >= 15 is 0 Å². The molecule has 0 fully saturated rings. The zero-order valence-electron chi connectivity index (χ0n) is 18.9. The van der Waals surface area contributed by atoms with Gasteiger partial charge in [-0.05, 0) is 49.2 Å². The van der Waals surface area contributed by atoms with Crippen molar-refractivity contribution in [1.82, 2.24) is 0 Å². The summed E-state index contributed by atoms with van der Waals surface area (Å²) in [6.45, 7) is 15.9. The molecule has 0 saturated heterocycles. The lowest BCUT2D eigenvalue weighted by atomic mass is 10.0. The topological polar surface area (TPSA) is 44.8 Å². The summed E-state index contributed by atoms with van der Waals surface area (Å²) >= 11 is 0. The van der Waals surface area contributed by atoms with Crippen LogP contribution >= 0.6 is 0 Å². The lowest BCUT2D eigenvalue weighted by Crippen LogP contribution is -2.45. The maximum atomic E-state index is 11.9. The molecule has 0 saturated carbocycles. The smallest absolute Gasteiger partial charge is 0.192 e. The minimum absolute atomic E-state index is 0.108. The largest absolute Gasteiger partial charge is 0.497 e. The van der Waals surface area contributed by atoms with Crippen molar-refractivity contribution in [2.24, 2.45) is 5.92 Å². The number of benzene rings is 1. The first kappa shape index (κ1) is 24.6. The van der Waals surface area contributed by atoms with Crippen molar-refractivity contribution in [2.75, 3.05) is 13.7 Å². The third kappa shape index (κ3) is 7.90. The van der Waals surface area contributed by atoms with Gasteiger partial charge in [0.1, 0.15) is 11.5 Å². The molecule has 0 unspecified atom stereocenters. The summed E-state index contributed by atoms with van der Waals surface area (Å²) < 4.78 is 17.4. The highest BCUT2D eigenvalue weighted by Gasteiger charge is 2.40. The van der Waals surface area contributed by atoms with Crippen LogP contribution in [0.25, 0.3) is 0 Å². The van der Waals surface area contributed by atoms with Gasteiger partial charge in [0, 0.05) is 5.92 Å². The molecule has 0 bridgehead atoms. The Morgan fingerprint density at radius 2 is 1.79 bits per heavy atom. The number of hydrogen-bond acceptors (Lipinski definition) is 4. The Labute approximate surface area is 172 Å². The van der Waals surface area contributed by atoms with Crippen LogP contribution in [0.15, 0.2) is 36.4 Å². The van der Waals surface area contributed by atoms with Gasteiger partial charge >= 0.3 is 0 Å². The highest BCUT2D eigenvalue weighted by molar-refractivity contribution is 6.74. The van der Waals surface area contributed by atoms with Gasteiger partial charge in [-0.15, -0.1) is 0 Å². The number of ketones is 1. The molecule has 0 amide bonds. The average Bonchev–Trinajstić information content (AvgIpc) is 2.62. The number of carbonyl (C=O) groups excluding carboxylic acids is 1. The van der Waals surface area contributed by atoms with Crippen molar-refractivity contribution in [3.8, 4) is 5.75 Å². The van der Waals surface area contributed by atoms with E-state index < -0.39 is 8.32 Å². The third-order valence-electron chi connectivity index (χ3n) is 5.55. The molecule has 158 valence electrons. The fourth-order valence-electron chi connectivity index (χ4n) is 2.35. The predicted molar refractivity (Wildman–Crippen MR) is 118 cm³/mol. The van der Waals surface area contributed by atoms with Crippen molar-refractivity contribution in [1.29, 1.82) is 0 Å². The number of Topliss-reactive ketones (excluding diaryl/α,β-unsaturated/α-hetero) is 1. The Morgan fingerprint density at radius 1 is 1.18 bits per heavy atom. The number of carbonyl (C=O) groups is 1. The van der Waals surface area contributed by atoms with Crippen molar-refractivity contribution in [3.05, 3.63) is 42.0 Å². The van der Waals surface area contributed by atoms with E-state index in [1.165, 1.54) is 0 Å². The Kier molecular flexibility index (Phi) is 9.61. The molecule has 0 aliphatic carbocycles. The molecular formula is C23H38O4Si. The number of methoxy groups -OCH3 is 1. The number of hydrogen-bond donors (Lipinski definition) is 0. The monoisotopic (exact) mass is 406 g/mol. The van der Waals surface area contributed by atoms with Crippen LogP contribution in [-0.2, 0) is 20.6 Å². The molecule has 0 N–H and O–H groups in total. The minimum atomic E-state index is -1.95. The lowest BCUT2D eigenvalue weighted by molar-refractivity contribution is -0.122. The van der Waals surface area contributed by atoms with Gasteiger partial charge < -0.3 is 13.9 Å². The van der Waals surface area contributed by atoms with Crippen molar-refractivity contribution < 1.29 is 18.7 Å². The molecule has 0 aliphatic rings. The molecule has 4 nitrogen and oxygen atoms in total. The molecule has 5 heteroatoms. The van der Waals surface area contributed by atoms with E-state index in [0.29, 0.717) is 13.2 Å². The quantitative estimate of drug-likeness (QED) is 0.266. The van der Waals surface area contributed by atoms with Gasteiger partial charge in [-0.25, -0.2) is 0 Å². The molecule has 1 rings (SSSR count). The van der Waals surface area contributed by atoms with E-state index in [2.05, 4.69) is 39.9 Å². The van der Waals surface area contributed by atoms with Crippen LogP contribution in [0.2, 0.25) is 18.1 Å². The number of ether oxygens (including phenoxy) is 2. The molecule has 0 aromatic heterocycles. The van der Waals surface area contributed by atoms with E-state index in [0.717, 1.165) is 17.7 Å². The van der Waals surface area contributed by atoms with Gasteiger partial charge in [0.15, 0.2) is 8.32 Å². The lowest BCUT2D eigenvalue weighted by Gasteiger charge is -2.39. The first-order valence-corrected chi connectivity index (χ1v) is 12.9. The summed E-state index contributed by atoms with van der Waals surface area (Å²) in [6.07, 6.45) is 4.73. The molecule has 2 atom stereocenters. The molecule has 0 radical (unpaired) electrons. The second-order valence-electron chi connectivity index (χ2n) is 8.86. The van der Waals surface area contributed by atoms with E-state index in [1.54, 1.807) is 14.0 Å². The summed E-state index contributed by atoms with van der Waals surface area (Å²) in [6, 6.07) is 7.88. The number of rotatable bonds is 11. The Balaban J connectivity index is 2.55. The van der Waals surface area contributed by atoms with Gasteiger partial charge in [0.05, 0.1) is 26.4 Å². The maximum Gasteiger partial charge on any atom is 0.192 e. The Bertz CT molecular complexity index is 629. The molecule has 28 heavy (non-hydrogen) atoms. The van der Waals surface area contributed by atoms with Crippen LogP contribution in [0.1, 0.15) is 46.6 Å². The molecule has 0 heterocycles. The third-order valence-corrected chi connectivity index (χ3v) is 10.0. The zero-order valence-corrected chi connectivity index (χ0v) is 19.9. The standard InChI is InChI=1S/C23H38O4Si/c1-18(19(2)24)22(27-28(7,8)23(3,4)5)11-9-10-16-26-17-20-12-14-21(25-6)15-13-20/h9,11-15,18,22H,10,16-17H2,1-8H3/b11-9+/t18-,22+/m1/s1. The summed E-state index contributed by atoms with van der Waals surface area (Å²) in [7, 11) is -0.289. The van der Waals surface area contributed by atoms with E-state index in [9.17, 15) is 4.79 Å². The fraction of sp³-hybridized carbons (Fsp3) is 0.609. The second kappa shape index (κ2) is 10.9. The van der Waals surface area contributed by atoms with Crippen LogP contribution < -0.4 is 4.74 Å². The SMILES string of the molecule is COc1ccc(COCC/C=C/[C@H](O[Si](C)(C)C(C)(C)C)[C@H](C)C(C)=O)cc1. The van der Waals surface area contributed by atoms with Gasteiger partial charge in [-0.1, -0.05) is 52.0 Å². The normalized spacial score (nSPS) is 14.9. The predicted octanol–water partition coefficient (Wildman–Crippen LogP) is 5.77. The molecular weight excluding hydrogens is 368 g/mol. The highest BCUT2D eigenvalue weighted by atomic mass is 28.4. The summed E-state index contributed by atoms with van der Waals surface area (Å²) in [4.78, 5) is 11.9. The van der Waals surface area contributed by atoms with Crippen LogP contribution in [0.5, 0.6) is 5.75 Å². The molecule has 1 aromatic carbocycles. The van der Waals surface area contributed by atoms with Crippen LogP contribution in [0.4, 0.5) is 0 Å². The van der Waals surface area contributed by atoms with E-state index in [-0.39, 0.29) is 22.8 Å². The summed E-state index contributed by atoms with van der Waals surface area (Å²) in [5.74, 6) is 0.855. The molecule has 0 spiro atoms. The van der Waals surface area contributed by atoms with Gasteiger partial charge in [0.2, 0.25) is 0 Å². The molecule has 0 aliphatic heterocycles. The zero-order chi connectivity index (χ0) is 21.4. The van der Waals surface area contributed by atoms with Crippen LogP contribution in [-0.4, -0.2) is 33.9 Å². The first-order valence-electron chi connectivity index (χ1n) is 10.0. The van der Waals surface area contributed by atoms with Crippen molar-refractivity contribution in [2.45, 2.75) is 71.9 Å². The van der Waals surface area contributed by atoms with Gasteiger partial charge in [-0.2, -0.15) is 0 Å². The average molecular weight is 407 g/mol. The minimum Gasteiger partial charge on any atom is -0.497 e. The van der Waals surface area contributed by atoms with Crippen molar-refractivity contribution >= 4 is 14.1 Å². The Morgan fingerprint density at radius 3 is 2.29 bits per heavy atom. The van der Waals surface area contributed by atoms with Crippen LogP contribution in [0, 0.1) is 5.92 Å². The van der Waals surface area contributed by atoms with Gasteiger partial charge in [-0.3, -0.25) is 4.79 Å². The highest BCUT2D eigenvalue weighted by Crippen LogP contribution is 2.38. The maximum absolute atomic E-state index is 11.9. The van der Waals surface area contributed by atoms with Crippen molar-refractivity contribution in [3.63, 3.8) is 0 Å². The van der Waals surface area contributed by atoms with Crippen LogP contribution in [0.3, 0.4) is 0 Å². The fourth-order valence-corrected chi connectivity index (χ4v) is 3.67. The summed E-state index contributed by atoms with van der Waals surface area (Å²) in [5.41, 5.74) is 1.12. The van der Waals surface area contributed by atoms with E-state index in [4.69, 9.17) is 13.9 Å². The second-order valence-corrected chi connectivity index (χ2v) is 13.6. The van der Waals surface area contributed by atoms with Gasteiger partial charge in [0.25, 0.3) is 0 Å². The first-order chi connectivity index (χ1) is 13.0. The molecule has 1 aromatic rings. The summed E-state index contributed by atoms with van der Waals surface area (Å²) in [5, 5.41) is 0.108. The van der Waals surface area contributed by atoms with E-state index in [1.807, 2.05) is 37.3 Å².